The largest absolute Gasteiger partial charge is 0.228 e. The maximum Gasteiger partial charge on any atom is 0.160 e. The number of hydrogen-bond acceptors (Lipinski definition) is 4. The number of benzene rings is 11. The van der Waals surface area contributed by atoms with E-state index in [0.717, 1.165) is 33.6 Å². The second-order valence-corrected chi connectivity index (χ2v) is 19.7. The molecular formula is C64H38N2S2. The molecule has 0 saturated heterocycles. The van der Waals surface area contributed by atoms with E-state index in [1.54, 1.807) is 0 Å². The molecule has 0 atom stereocenters. The molecule has 2 nitrogen and oxygen atoms in total. The van der Waals surface area contributed by atoms with Gasteiger partial charge < -0.3 is 0 Å². The zero-order valence-corrected chi connectivity index (χ0v) is 38.3. The summed E-state index contributed by atoms with van der Waals surface area (Å²) in [6.45, 7) is 0. The minimum atomic E-state index is 0.691. The van der Waals surface area contributed by atoms with E-state index in [9.17, 15) is 0 Å². The number of rotatable bonds is 6. The lowest BCUT2D eigenvalue weighted by Crippen LogP contribution is -1.96. The first kappa shape index (κ1) is 38.9. The lowest BCUT2D eigenvalue weighted by molar-refractivity contribution is 1.18. The molecule has 0 aliphatic heterocycles. The fourth-order valence-electron chi connectivity index (χ4n) is 10.4. The molecule has 4 heteroatoms. The Labute approximate surface area is 400 Å². The highest BCUT2D eigenvalue weighted by Crippen LogP contribution is 2.43. The van der Waals surface area contributed by atoms with Crippen LogP contribution in [0.25, 0.3) is 140 Å². The van der Waals surface area contributed by atoms with Crippen molar-refractivity contribution in [1.29, 1.82) is 0 Å². The molecule has 0 bridgehead atoms. The molecule has 3 heterocycles. The highest BCUT2D eigenvalue weighted by Gasteiger charge is 2.17. The van der Waals surface area contributed by atoms with Gasteiger partial charge in [-0.3, -0.25) is 0 Å². The van der Waals surface area contributed by atoms with E-state index in [-0.39, 0.29) is 0 Å². The zero-order chi connectivity index (χ0) is 44.7. The van der Waals surface area contributed by atoms with Crippen LogP contribution in [0.15, 0.2) is 231 Å². The third kappa shape index (κ3) is 6.37. The fourth-order valence-corrected chi connectivity index (χ4v) is 12.9. The van der Waals surface area contributed by atoms with Crippen LogP contribution in [0.1, 0.15) is 0 Å². The van der Waals surface area contributed by atoms with E-state index in [4.69, 9.17) is 9.97 Å². The van der Waals surface area contributed by atoms with Gasteiger partial charge in [0.05, 0.1) is 11.4 Å². The van der Waals surface area contributed by atoms with Crippen LogP contribution in [-0.4, -0.2) is 9.97 Å². The van der Waals surface area contributed by atoms with Crippen LogP contribution in [0.3, 0.4) is 0 Å². The Bertz CT molecular complexity index is 4120. The van der Waals surface area contributed by atoms with Gasteiger partial charge in [-0.15, -0.1) is 22.7 Å². The first-order valence-corrected chi connectivity index (χ1v) is 24.7. The van der Waals surface area contributed by atoms with Gasteiger partial charge in [-0.25, -0.2) is 9.97 Å². The van der Waals surface area contributed by atoms with Crippen molar-refractivity contribution in [3.8, 4) is 67.3 Å². The van der Waals surface area contributed by atoms with E-state index >= 15 is 0 Å². The minimum absolute atomic E-state index is 0.691. The quantitative estimate of drug-likeness (QED) is 0.123. The fraction of sp³-hybridized carbons (Fsp3) is 0. The van der Waals surface area contributed by atoms with E-state index in [1.165, 1.54) is 100 Å². The summed E-state index contributed by atoms with van der Waals surface area (Å²) < 4.78 is 5.25. The summed E-state index contributed by atoms with van der Waals surface area (Å²) in [7, 11) is 0. The Morgan fingerprint density at radius 2 is 0.721 bits per heavy atom. The summed E-state index contributed by atoms with van der Waals surface area (Å²) in [6, 6.07) is 83.9. The molecule has 68 heavy (non-hydrogen) atoms. The molecule has 0 radical (unpaired) electrons. The molecule has 3 aromatic heterocycles. The second kappa shape index (κ2) is 15.7. The molecule has 316 valence electrons. The second-order valence-electron chi connectivity index (χ2n) is 17.6. The van der Waals surface area contributed by atoms with Gasteiger partial charge in [0, 0.05) is 57.0 Å². The highest BCUT2D eigenvalue weighted by atomic mass is 32.1. The van der Waals surface area contributed by atoms with Gasteiger partial charge in [-0.2, -0.15) is 0 Å². The summed E-state index contributed by atoms with van der Waals surface area (Å²) in [6.07, 6.45) is 0. The smallest absolute Gasteiger partial charge is 0.160 e. The van der Waals surface area contributed by atoms with Crippen LogP contribution in [0, 0.1) is 0 Å². The molecule has 14 aromatic rings. The Balaban J connectivity index is 0.884. The third-order valence-electron chi connectivity index (χ3n) is 13.7. The molecule has 14 rings (SSSR count). The molecule has 0 spiro atoms. The first-order chi connectivity index (χ1) is 33.7. The monoisotopic (exact) mass is 898 g/mol. The van der Waals surface area contributed by atoms with Gasteiger partial charge >= 0.3 is 0 Å². The number of fused-ring (bicyclic) bond motifs is 10. The Morgan fingerprint density at radius 1 is 0.265 bits per heavy atom. The Morgan fingerprint density at radius 3 is 1.31 bits per heavy atom. The molecular weight excluding hydrogens is 861 g/mol. The predicted molar refractivity (Wildman–Crippen MR) is 293 cm³/mol. The van der Waals surface area contributed by atoms with Crippen molar-refractivity contribution in [3.63, 3.8) is 0 Å². The maximum absolute atomic E-state index is 5.33. The summed E-state index contributed by atoms with van der Waals surface area (Å²) in [4.78, 5) is 10.7. The van der Waals surface area contributed by atoms with Crippen molar-refractivity contribution in [2.75, 3.05) is 0 Å². The standard InChI is InChI=1S/C64H38N2S2/c1-3-13-47-39(11-1)35-36-53-56(47)37-46-12-2-4-14-48(46)61(53)44-31-33-45(34-32-44)64-65-57(42-27-23-40(24-28-42)49-17-9-19-54-51-15-5-7-21-59(51)67-62(49)54)38-58(66-64)43-29-25-41(26-30-43)50-18-10-20-55-52-16-6-8-22-60(52)68-63(50)55/h1-38H. The van der Waals surface area contributed by atoms with Gasteiger partial charge in [0.2, 0.25) is 0 Å². The van der Waals surface area contributed by atoms with Gasteiger partial charge in [0.15, 0.2) is 5.82 Å². The molecule has 0 fully saturated rings. The highest BCUT2D eigenvalue weighted by molar-refractivity contribution is 7.26. The van der Waals surface area contributed by atoms with Gasteiger partial charge in [-0.05, 0) is 90.0 Å². The van der Waals surface area contributed by atoms with Crippen LogP contribution in [0.5, 0.6) is 0 Å². The lowest BCUT2D eigenvalue weighted by atomic mass is 9.89. The molecule has 0 amide bonds. The van der Waals surface area contributed by atoms with Crippen LogP contribution >= 0.6 is 22.7 Å². The topological polar surface area (TPSA) is 25.8 Å². The van der Waals surface area contributed by atoms with E-state index in [0.29, 0.717) is 5.82 Å². The van der Waals surface area contributed by atoms with Crippen LogP contribution in [-0.2, 0) is 0 Å². The average Bonchev–Trinajstić information content (AvgIpc) is 3.99. The van der Waals surface area contributed by atoms with Crippen molar-refractivity contribution in [3.05, 3.63) is 231 Å². The lowest BCUT2D eigenvalue weighted by Gasteiger charge is -2.15. The third-order valence-corrected chi connectivity index (χ3v) is 16.2. The summed E-state index contributed by atoms with van der Waals surface area (Å²) in [5.74, 6) is 0.691. The summed E-state index contributed by atoms with van der Waals surface area (Å²) in [5, 5.41) is 12.7. The number of nitrogens with zero attached hydrogens (tertiary/aromatic N) is 2. The summed E-state index contributed by atoms with van der Waals surface area (Å²) in [5.41, 5.74) is 12.1. The maximum atomic E-state index is 5.33. The number of aromatic nitrogens is 2. The van der Waals surface area contributed by atoms with E-state index in [1.807, 2.05) is 22.7 Å². The van der Waals surface area contributed by atoms with Crippen molar-refractivity contribution < 1.29 is 0 Å². The van der Waals surface area contributed by atoms with Crippen molar-refractivity contribution in [2.24, 2.45) is 0 Å². The molecule has 11 aromatic carbocycles. The molecule has 0 saturated carbocycles. The molecule has 0 aliphatic rings. The predicted octanol–water partition coefficient (Wildman–Crippen LogP) is 18.7. The number of thiophene rings is 2. The summed E-state index contributed by atoms with van der Waals surface area (Å²) >= 11 is 3.73. The van der Waals surface area contributed by atoms with Crippen LogP contribution < -0.4 is 0 Å². The SMILES string of the molecule is c1ccc2c(-c3ccc(-c4nc(-c5ccc(-c6cccc7c6sc6ccccc67)cc5)cc(-c5ccc(-c6cccc7c6sc6ccccc67)cc5)n4)cc3)c3ccc4ccccc4c3cc2c1. The van der Waals surface area contributed by atoms with Crippen molar-refractivity contribution in [2.45, 2.75) is 0 Å². The molecule has 0 unspecified atom stereocenters. The van der Waals surface area contributed by atoms with E-state index in [2.05, 4.69) is 231 Å². The molecule has 0 aliphatic carbocycles. The first-order valence-electron chi connectivity index (χ1n) is 23.0. The Kier molecular flexibility index (Phi) is 8.98. The Hall–Kier alpha value is -8.28. The zero-order valence-electron chi connectivity index (χ0n) is 36.7. The van der Waals surface area contributed by atoms with Crippen LogP contribution in [0.2, 0.25) is 0 Å². The van der Waals surface area contributed by atoms with Gasteiger partial charge in [-0.1, -0.05) is 206 Å². The minimum Gasteiger partial charge on any atom is -0.228 e. The number of hydrogen-bond donors (Lipinski definition) is 0. The van der Waals surface area contributed by atoms with Crippen molar-refractivity contribution in [1.82, 2.24) is 9.97 Å². The molecule has 0 N–H and O–H groups in total. The van der Waals surface area contributed by atoms with Gasteiger partial charge in [0.1, 0.15) is 0 Å². The van der Waals surface area contributed by atoms with Crippen molar-refractivity contribution >= 4 is 95.3 Å². The van der Waals surface area contributed by atoms with Gasteiger partial charge in [0.25, 0.3) is 0 Å². The normalized spacial score (nSPS) is 11.8. The average molecular weight is 899 g/mol. The van der Waals surface area contributed by atoms with E-state index < -0.39 is 0 Å². The van der Waals surface area contributed by atoms with Crippen LogP contribution in [0.4, 0.5) is 0 Å².